The maximum Gasteiger partial charge on any atom is 0.279 e. The standard InChI is InChI=1S/C10H8FN3OS/c1-6-5-16-10(13-6)14-9(15)8-7(11)3-2-4-12-8/h2-5H,1H3,(H,13,14,15). The van der Waals surface area contributed by atoms with E-state index in [2.05, 4.69) is 15.3 Å². The molecule has 2 heterocycles. The zero-order chi connectivity index (χ0) is 11.5. The minimum Gasteiger partial charge on any atom is -0.296 e. The Labute approximate surface area is 95.2 Å². The molecule has 16 heavy (non-hydrogen) atoms. The van der Waals surface area contributed by atoms with Crippen molar-refractivity contribution < 1.29 is 9.18 Å². The third kappa shape index (κ3) is 2.22. The molecule has 0 aromatic carbocycles. The highest BCUT2D eigenvalue weighted by molar-refractivity contribution is 7.13. The summed E-state index contributed by atoms with van der Waals surface area (Å²) in [5, 5.41) is 4.72. The molecule has 0 fully saturated rings. The zero-order valence-corrected chi connectivity index (χ0v) is 9.21. The van der Waals surface area contributed by atoms with Crippen molar-refractivity contribution in [3.05, 3.63) is 40.9 Å². The van der Waals surface area contributed by atoms with E-state index in [4.69, 9.17) is 0 Å². The molecule has 4 nitrogen and oxygen atoms in total. The molecule has 0 atom stereocenters. The molecule has 1 amide bonds. The average molecular weight is 237 g/mol. The highest BCUT2D eigenvalue weighted by atomic mass is 32.1. The Morgan fingerprint density at radius 1 is 1.56 bits per heavy atom. The summed E-state index contributed by atoms with van der Waals surface area (Å²) >= 11 is 1.29. The summed E-state index contributed by atoms with van der Waals surface area (Å²) in [4.78, 5) is 19.3. The van der Waals surface area contributed by atoms with Gasteiger partial charge in [-0.1, -0.05) is 0 Å². The molecule has 0 radical (unpaired) electrons. The fourth-order valence-corrected chi connectivity index (χ4v) is 1.80. The molecule has 0 aliphatic rings. The first-order valence-electron chi connectivity index (χ1n) is 4.51. The molecule has 6 heteroatoms. The van der Waals surface area contributed by atoms with E-state index in [1.165, 1.54) is 29.7 Å². The quantitative estimate of drug-likeness (QED) is 0.871. The van der Waals surface area contributed by atoms with Crippen LogP contribution in [-0.4, -0.2) is 15.9 Å². The minimum atomic E-state index is -0.645. The summed E-state index contributed by atoms with van der Waals surface area (Å²) in [7, 11) is 0. The van der Waals surface area contributed by atoms with Crippen LogP contribution in [0.4, 0.5) is 9.52 Å². The Kier molecular flexibility index (Phi) is 2.91. The van der Waals surface area contributed by atoms with Crippen molar-refractivity contribution >= 4 is 22.4 Å². The number of hydrogen-bond acceptors (Lipinski definition) is 4. The minimum absolute atomic E-state index is 0.227. The number of amides is 1. The van der Waals surface area contributed by atoms with Gasteiger partial charge in [-0.15, -0.1) is 11.3 Å². The summed E-state index contributed by atoms with van der Waals surface area (Å²) in [5.41, 5.74) is 0.581. The molecule has 0 bridgehead atoms. The van der Waals surface area contributed by atoms with E-state index in [9.17, 15) is 9.18 Å². The molecule has 0 unspecified atom stereocenters. The first kappa shape index (κ1) is 10.7. The van der Waals surface area contributed by atoms with Crippen LogP contribution in [0.2, 0.25) is 0 Å². The van der Waals surface area contributed by atoms with E-state index in [0.717, 1.165) is 5.69 Å². The van der Waals surface area contributed by atoms with Crippen LogP contribution in [0.3, 0.4) is 0 Å². The summed E-state index contributed by atoms with van der Waals surface area (Å²) in [6, 6.07) is 2.62. The van der Waals surface area contributed by atoms with Crippen LogP contribution in [-0.2, 0) is 0 Å². The Balaban J connectivity index is 2.18. The number of rotatable bonds is 2. The van der Waals surface area contributed by atoms with Gasteiger partial charge in [-0.25, -0.2) is 14.4 Å². The van der Waals surface area contributed by atoms with Gasteiger partial charge >= 0.3 is 0 Å². The van der Waals surface area contributed by atoms with Crippen molar-refractivity contribution in [3.63, 3.8) is 0 Å². The highest BCUT2D eigenvalue weighted by Gasteiger charge is 2.13. The van der Waals surface area contributed by atoms with Crippen molar-refractivity contribution in [1.82, 2.24) is 9.97 Å². The Morgan fingerprint density at radius 2 is 2.38 bits per heavy atom. The predicted molar refractivity (Wildman–Crippen MR) is 59.0 cm³/mol. The second-order valence-corrected chi connectivity index (χ2v) is 3.94. The molecule has 2 rings (SSSR count). The smallest absolute Gasteiger partial charge is 0.279 e. The number of thiazole rings is 1. The molecule has 0 saturated carbocycles. The van der Waals surface area contributed by atoms with Crippen LogP contribution in [0.15, 0.2) is 23.7 Å². The van der Waals surface area contributed by atoms with Crippen LogP contribution < -0.4 is 5.32 Å². The Bertz CT molecular complexity index is 526. The monoisotopic (exact) mass is 237 g/mol. The van der Waals surface area contributed by atoms with Crippen molar-refractivity contribution in [3.8, 4) is 0 Å². The molecular weight excluding hydrogens is 229 g/mol. The first-order valence-corrected chi connectivity index (χ1v) is 5.39. The lowest BCUT2D eigenvalue weighted by molar-refractivity contribution is 0.101. The SMILES string of the molecule is Cc1csc(NC(=O)c2ncccc2F)n1. The Hall–Kier alpha value is -1.82. The van der Waals surface area contributed by atoms with Crippen molar-refractivity contribution in [2.75, 3.05) is 5.32 Å². The van der Waals surface area contributed by atoms with E-state index in [0.29, 0.717) is 5.13 Å². The van der Waals surface area contributed by atoms with Gasteiger partial charge in [0.1, 0.15) is 0 Å². The number of pyridine rings is 1. The van der Waals surface area contributed by atoms with Gasteiger partial charge in [-0.3, -0.25) is 10.1 Å². The third-order valence-corrected chi connectivity index (χ3v) is 2.69. The number of nitrogens with zero attached hydrogens (tertiary/aromatic N) is 2. The molecule has 0 aliphatic heterocycles. The summed E-state index contributed by atoms with van der Waals surface area (Å²) in [6.45, 7) is 1.81. The number of halogens is 1. The fourth-order valence-electron chi connectivity index (χ4n) is 1.12. The molecular formula is C10H8FN3OS. The summed E-state index contributed by atoms with van der Waals surface area (Å²) in [6.07, 6.45) is 1.37. The van der Waals surface area contributed by atoms with Gasteiger partial charge < -0.3 is 0 Å². The van der Waals surface area contributed by atoms with E-state index >= 15 is 0 Å². The topological polar surface area (TPSA) is 54.9 Å². The zero-order valence-electron chi connectivity index (χ0n) is 8.40. The summed E-state index contributed by atoms with van der Waals surface area (Å²) in [5.74, 6) is -1.24. The molecule has 0 saturated heterocycles. The summed E-state index contributed by atoms with van der Waals surface area (Å²) < 4.78 is 13.2. The van der Waals surface area contributed by atoms with Crippen LogP contribution in [0.5, 0.6) is 0 Å². The van der Waals surface area contributed by atoms with Gasteiger partial charge in [0.2, 0.25) is 0 Å². The van der Waals surface area contributed by atoms with Crippen LogP contribution in [0, 0.1) is 12.7 Å². The molecule has 2 aromatic heterocycles. The lowest BCUT2D eigenvalue weighted by Crippen LogP contribution is -2.15. The van der Waals surface area contributed by atoms with Gasteiger partial charge in [0.25, 0.3) is 5.91 Å². The van der Waals surface area contributed by atoms with Crippen molar-refractivity contribution in [2.45, 2.75) is 6.92 Å². The number of anilines is 1. The van der Waals surface area contributed by atoms with Gasteiger partial charge in [-0.05, 0) is 19.1 Å². The lowest BCUT2D eigenvalue weighted by atomic mass is 10.3. The number of nitrogens with one attached hydrogen (secondary N) is 1. The third-order valence-electron chi connectivity index (χ3n) is 1.81. The van der Waals surface area contributed by atoms with Crippen LogP contribution in [0.1, 0.15) is 16.2 Å². The average Bonchev–Trinajstić information content (AvgIpc) is 2.64. The largest absolute Gasteiger partial charge is 0.296 e. The number of aromatic nitrogens is 2. The van der Waals surface area contributed by atoms with Gasteiger partial charge in [0.15, 0.2) is 16.6 Å². The second-order valence-electron chi connectivity index (χ2n) is 3.08. The maximum atomic E-state index is 13.2. The molecule has 82 valence electrons. The van der Waals surface area contributed by atoms with Gasteiger partial charge in [0.05, 0.1) is 5.69 Å². The molecule has 0 aliphatic carbocycles. The molecule has 2 aromatic rings. The number of carbonyl (C=O) groups excluding carboxylic acids is 1. The van der Waals surface area contributed by atoms with E-state index in [1.54, 1.807) is 5.38 Å². The van der Waals surface area contributed by atoms with Gasteiger partial charge in [-0.2, -0.15) is 0 Å². The fraction of sp³-hybridized carbons (Fsp3) is 0.100. The van der Waals surface area contributed by atoms with Crippen LogP contribution >= 0.6 is 11.3 Å². The van der Waals surface area contributed by atoms with Crippen molar-refractivity contribution in [1.29, 1.82) is 0 Å². The number of aryl methyl sites for hydroxylation is 1. The lowest BCUT2D eigenvalue weighted by Gasteiger charge is -2.01. The van der Waals surface area contributed by atoms with E-state index < -0.39 is 11.7 Å². The second kappa shape index (κ2) is 4.36. The normalized spacial score (nSPS) is 10.1. The van der Waals surface area contributed by atoms with Crippen LogP contribution in [0.25, 0.3) is 0 Å². The first-order chi connectivity index (χ1) is 7.66. The number of hydrogen-bond donors (Lipinski definition) is 1. The highest BCUT2D eigenvalue weighted by Crippen LogP contribution is 2.15. The van der Waals surface area contributed by atoms with Gasteiger partial charge in [0, 0.05) is 11.6 Å². The molecule has 0 spiro atoms. The van der Waals surface area contributed by atoms with E-state index in [-0.39, 0.29) is 5.69 Å². The Morgan fingerprint density at radius 3 is 3.00 bits per heavy atom. The molecule has 1 N–H and O–H groups in total. The number of carbonyl (C=O) groups is 1. The predicted octanol–water partition coefficient (Wildman–Crippen LogP) is 2.24. The maximum absolute atomic E-state index is 13.2. The van der Waals surface area contributed by atoms with E-state index in [1.807, 2.05) is 6.92 Å². The van der Waals surface area contributed by atoms with Crippen molar-refractivity contribution in [2.24, 2.45) is 0 Å².